The van der Waals surface area contributed by atoms with Crippen molar-refractivity contribution in [2.45, 2.75) is 51.2 Å². The lowest BCUT2D eigenvalue weighted by atomic mass is 10.1. The molecule has 0 fully saturated rings. The molecule has 0 rings (SSSR count). The molecule has 0 spiro atoms. The van der Waals surface area contributed by atoms with Crippen LogP contribution in [0.4, 0.5) is 0 Å². The summed E-state index contributed by atoms with van der Waals surface area (Å²) in [6, 6.07) is -3.00. The Hall–Kier alpha value is -2.20. The molecule has 0 aromatic rings. The normalized spacial score (nSPS) is 14.2. The van der Waals surface area contributed by atoms with Crippen molar-refractivity contribution in [3.63, 3.8) is 0 Å². The third-order valence-corrected chi connectivity index (χ3v) is 3.24. The zero-order valence-corrected chi connectivity index (χ0v) is 14.0. The molecule has 0 radical (unpaired) electrons. The first-order chi connectivity index (χ1) is 11.2. The quantitative estimate of drug-likeness (QED) is 0.219. The van der Waals surface area contributed by atoms with E-state index in [0.717, 1.165) is 0 Å². The lowest BCUT2D eigenvalue weighted by Crippen LogP contribution is -2.56. The number of hydrogen-bond acceptors (Lipinski definition) is 6. The molecule has 0 unspecified atom stereocenters. The molecule has 0 saturated heterocycles. The molecule has 0 aromatic carbocycles. The van der Waals surface area contributed by atoms with Crippen LogP contribution in [-0.2, 0) is 19.2 Å². The Bertz CT molecular complexity index is 457. The highest BCUT2D eigenvalue weighted by molar-refractivity contribution is 5.93. The van der Waals surface area contributed by atoms with Gasteiger partial charge in [-0.05, 0) is 32.7 Å². The first kappa shape index (κ1) is 21.8. The van der Waals surface area contributed by atoms with Gasteiger partial charge in [0, 0.05) is 6.92 Å². The highest BCUT2D eigenvalue weighted by Crippen LogP contribution is 2.02. The number of unbranched alkanes of at least 4 members (excludes halogenated alkanes) is 1. The van der Waals surface area contributed by atoms with Gasteiger partial charge in [-0.1, -0.05) is 0 Å². The first-order valence-corrected chi connectivity index (χ1v) is 7.71. The van der Waals surface area contributed by atoms with Crippen molar-refractivity contribution in [1.29, 1.82) is 0 Å². The Morgan fingerprint density at radius 2 is 1.58 bits per heavy atom. The van der Waals surface area contributed by atoms with Crippen LogP contribution in [0.25, 0.3) is 0 Å². The SMILES string of the molecule is CC(=O)N[C@@H](CO)C(=O)N[C@@H](CCCCN)C(=O)N[C@@H](C)C(N)=O. The van der Waals surface area contributed by atoms with Crippen molar-refractivity contribution in [2.24, 2.45) is 11.5 Å². The van der Waals surface area contributed by atoms with Gasteiger partial charge < -0.3 is 32.5 Å². The maximum atomic E-state index is 12.2. The van der Waals surface area contributed by atoms with Crippen molar-refractivity contribution in [3.05, 3.63) is 0 Å². The molecule has 24 heavy (non-hydrogen) atoms. The predicted octanol–water partition coefficient (Wildman–Crippen LogP) is -2.91. The van der Waals surface area contributed by atoms with E-state index in [0.29, 0.717) is 25.8 Å². The number of carbonyl (C=O) groups is 4. The summed E-state index contributed by atoms with van der Waals surface area (Å²) in [5.74, 6) is -2.48. The third-order valence-electron chi connectivity index (χ3n) is 3.24. The summed E-state index contributed by atoms with van der Waals surface area (Å²) in [7, 11) is 0. The van der Waals surface area contributed by atoms with Gasteiger partial charge in [0.15, 0.2) is 0 Å². The molecule has 10 heteroatoms. The fourth-order valence-corrected chi connectivity index (χ4v) is 1.86. The zero-order valence-electron chi connectivity index (χ0n) is 14.0. The van der Waals surface area contributed by atoms with Crippen molar-refractivity contribution in [1.82, 2.24) is 16.0 Å². The van der Waals surface area contributed by atoms with Crippen LogP contribution in [0.1, 0.15) is 33.1 Å². The number of carbonyl (C=O) groups excluding carboxylic acids is 4. The molecule has 10 nitrogen and oxygen atoms in total. The highest BCUT2D eigenvalue weighted by atomic mass is 16.3. The molecule has 0 aromatic heterocycles. The molecular weight excluding hydrogens is 318 g/mol. The molecule has 138 valence electrons. The molecule has 0 aliphatic rings. The van der Waals surface area contributed by atoms with Crippen LogP contribution >= 0.6 is 0 Å². The summed E-state index contributed by atoms with van der Waals surface area (Å²) in [5.41, 5.74) is 10.5. The third kappa shape index (κ3) is 8.44. The molecular formula is C14H27N5O5. The van der Waals surface area contributed by atoms with Crippen molar-refractivity contribution in [2.75, 3.05) is 13.2 Å². The second kappa shape index (κ2) is 11.4. The number of nitrogens with one attached hydrogen (secondary N) is 3. The van der Waals surface area contributed by atoms with Gasteiger partial charge in [-0.2, -0.15) is 0 Å². The summed E-state index contributed by atoms with van der Waals surface area (Å²) >= 11 is 0. The van der Waals surface area contributed by atoms with Crippen LogP contribution in [-0.4, -0.2) is 60.0 Å². The van der Waals surface area contributed by atoms with Crippen LogP contribution in [0.2, 0.25) is 0 Å². The second-order valence-corrected chi connectivity index (χ2v) is 5.41. The average molecular weight is 345 g/mol. The van der Waals surface area contributed by atoms with E-state index in [4.69, 9.17) is 11.5 Å². The van der Waals surface area contributed by atoms with E-state index in [9.17, 15) is 24.3 Å². The maximum absolute atomic E-state index is 12.2. The summed E-state index contributed by atoms with van der Waals surface area (Å²) in [5, 5.41) is 16.3. The van der Waals surface area contributed by atoms with Crippen LogP contribution in [0.15, 0.2) is 0 Å². The fourth-order valence-electron chi connectivity index (χ4n) is 1.86. The van der Waals surface area contributed by atoms with Crippen molar-refractivity contribution >= 4 is 23.6 Å². The van der Waals surface area contributed by atoms with E-state index in [-0.39, 0.29) is 0 Å². The number of nitrogens with two attached hydrogens (primary N) is 2. The van der Waals surface area contributed by atoms with E-state index in [1.165, 1.54) is 13.8 Å². The van der Waals surface area contributed by atoms with Gasteiger partial charge in [-0.25, -0.2) is 0 Å². The number of aliphatic hydroxyl groups is 1. The monoisotopic (exact) mass is 345 g/mol. The number of primary amides is 1. The Labute approximate surface area is 140 Å². The van der Waals surface area contributed by atoms with Crippen LogP contribution < -0.4 is 27.4 Å². The number of hydrogen-bond donors (Lipinski definition) is 6. The topological polar surface area (TPSA) is 177 Å². The van der Waals surface area contributed by atoms with Gasteiger partial charge in [0.2, 0.25) is 23.6 Å². The molecule has 0 aliphatic heterocycles. The highest BCUT2D eigenvalue weighted by Gasteiger charge is 2.26. The molecule has 0 saturated carbocycles. The predicted molar refractivity (Wildman–Crippen MR) is 86.3 cm³/mol. The second-order valence-electron chi connectivity index (χ2n) is 5.41. The summed E-state index contributed by atoms with van der Waals surface area (Å²) in [6.45, 7) is 2.45. The van der Waals surface area contributed by atoms with Crippen molar-refractivity contribution < 1.29 is 24.3 Å². The Morgan fingerprint density at radius 3 is 2.04 bits per heavy atom. The van der Waals surface area contributed by atoms with E-state index in [1.54, 1.807) is 0 Å². The first-order valence-electron chi connectivity index (χ1n) is 7.71. The smallest absolute Gasteiger partial charge is 0.245 e. The molecule has 0 bridgehead atoms. The van der Waals surface area contributed by atoms with Gasteiger partial charge in [-0.3, -0.25) is 19.2 Å². The molecule has 0 aliphatic carbocycles. The zero-order chi connectivity index (χ0) is 18.7. The van der Waals surface area contributed by atoms with Gasteiger partial charge in [0.1, 0.15) is 18.1 Å². The Balaban J connectivity index is 4.91. The minimum Gasteiger partial charge on any atom is -0.394 e. The van der Waals surface area contributed by atoms with Crippen LogP contribution in [0.5, 0.6) is 0 Å². The molecule has 4 amide bonds. The van der Waals surface area contributed by atoms with E-state index >= 15 is 0 Å². The number of aliphatic hydroxyl groups excluding tert-OH is 1. The summed E-state index contributed by atoms with van der Waals surface area (Å²) in [4.78, 5) is 46.4. The summed E-state index contributed by atoms with van der Waals surface area (Å²) < 4.78 is 0. The van der Waals surface area contributed by atoms with E-state index in [2.05, 4.69) is 16.0 Å². The number of rotatable bonds is 11. The Kier molecular flexibility index (Phi) is 10.3. The van der Waals surface area contributed by atoms with Crippen molar-refractivity contribution in [3.8, 4) is 0 Å². The maximum Gasteiger partial charge on any atom is 0.245 e. The van der Waals surface area contributed by atoms with E-state index in [1.807, 2.05) is 0 Å². The van der Waals surface area contributed by atoms with Crippen LogP contribution in [0.3, 0.4) is 0 Å². The lowest BCUT2D eigenvalue weighted by Gasteiger charge is -2.23. The summed E-state index contributed by atoms with van der Waals surface area (Å²) in [6.07, 6.45) is 1.52. The van der Waals surface area contributed by atoms with Gasteiger partial charge in [0.05, 0.1) is 6.61 Å². The molecule has 8 N–H and O–H groups in total. The number of amides is 4. The van der Waals surface area contributed by atoms with E-state index < -0.39 is 48.4 Å². The largest absolute Gasteiger partial charge is 0.394 e. The Morgan fingerprint density at radius 1 is 1.00 bits per heavy atom. The van der Waals surface area contributed by atoms with Crippen LogP contribution in [0, 0.1) is 0 Å². The van der Waals surface area contributed by atoms with Gasteiger partial charge >= 0.3 is 0 Å². The van der Waals surface area contributed by atoms with Gasteiger partial charge in [0.25, 0.3) is 0 Å². The molecule has 0 heterocycles. The van der Waals surface area contributed by atoms with Gasteiger partial charge in [-0.15, -0.1) is 0 Å². The minimum atomic E-state index is -1.17. The minimum absolute atomic E-state index is 0.290. The standard InChI is InChI=1S/C14H27N5O5/c1-8(12(16)22)17-13(23)10(5-3-4-6-15)19-14(24)11(7-20)18-9(2)21/h8,10-11,20H,3-7,15H2,1-2H3,(H2,16,22)(H,17,23)(H,18,21)(H,19,24)/t8-,10-,11-/m0/s1. The lowest BCUT2D eigenvalue weighted by molar-refractivity contribution is -0.133. The average Bonchev–Trinajstić information content (AvgIpc) is 2.50. The molecule has 3 atom stereocenters. The fraction of sp³-hybridized carbons (Fsp3) is 0.714.